The lowest BCUT2D eigenvalue weighted by Gasteiger charge is -2.15. The van der Waals surface area contributed by atoms with Crippen molar-refractivity contribution in [2.45, 2.75) is 32.8 Å². The number of ether oxygens (including phenoxy) is 2. The van der Waals surface area contributed by atoms with Crippen molar-refractivity contribution in [1.82, 2.24) is 9.66 Å². The van der Waals surface area contributed by atoms with Crippen LogP contribution in [-0.4, -0.2) is 23.0 Å². The molecule has 4 aromatic rings. The van der Waals surface area contributed by atoms with Crippen LogP contribution in [-0.2, 0) is 6.61 Å². The summed E-state index contributed by atoms with van der Waals surface area (Å²) in [7, 11) is 1.55. The predicted molar refractivity (Wildman–Crippen MR) is 147 cm³/mol. The molecule has 0 aliphatic carbocycles. The van der Waals surface area contributed by atoms with Crippen molar-refractivity contribution < 1.29 is 13.9 Å². The Bertz CT molecular complexity index is 1490. The number of benzene rings is 3. The van der Waals surface area contributed by atoms with Crippen molar-refractivity contribution in [2.24, 2.45) is 5.10 Å². The molecule has 6 nitrogen and oxygen atoms in total. The molecule has 36 heavy (non-hydrogen) atoms. The Morgan fingerprint density at radius 2 is 1.86 bits per heavy atom. The molecule has 0 radical (unpaired) electrons. The number of nitrogens with zero attached hydrogens (tertiary/aromatic N) is 3. The van der Waals surface area contributed by atoms with Gasteiger partial charge < -0.3 is 9.47 Å². The maximum Gasteiger partial charge on any atom is 0.282 e. The van der Waals surface area contributed by atoms with Gasteiger partial charge in [-0.15, -0.1) is 0 Å². The molecule has 4 rings (SSSR count). The van der Waals surface area contributed by atoms with E-state index in [-0.39, 0.29) is 23.9 Å². The minimum absolute atomic E-state index is 0.0307. The molecule has 0 aliphatic heterocycles. The molecule has 9 heteroatoms. The van der Waals surface area contributed by atoms with E-state index < -0.39 is 0 Å². The SMILES string of the molecule is CC[C@H](C)c1nc2ccc(Br)cc2c(=O)n1N=Cc1cc(OC)c(OCc2ccc(F)cc2)cc1Br. The Balaban J connectivity index is 1.69. The number of halogens is 3. The molecule has 0 amide bonds. The standard InChI is InChI=1S/C27H24Br2FN3O3/c1-4-16(2)26-32-23-10-7-19(28)12-21(23)27(34)33(26)31-14-18-11-24(35-3)25(13-22(18)29)36-15-17-5-8-20(30)9-6-17/h5-14,16H,4,15H2,1-3H3/t16-/m0/s1. The second-order valence-electron chi connectivity index (χ2n) is 8.24. The number of hydrogen-bond donors (Lipinski definition) is 0. The fourth-order valence-corrected chi connectivity index (χ4v) is 4.35. The van der Waals surface area contributed by atoms with Gasteiger partial charge in [0.25, 0.3) is 5.56 Å². The maximum atomic E-state index is 13.4. The second kappa shape index (κ2) is 11.3. The van der Waals surface area contributed by atoms with Crippen LogP contribution in [0.4, 0.5) is 4.39 Å². The fourth-order valence-electron chi connectivity index (χ4n) is 3.56. The summed E-state index contributed by atoms with van der Waals surface area (Å²) >= 11 is 6.99. The Labute approximate surface area is 225 Å². The second-order valence-corrected chi connectivity index (χ2v) is 10.0. The summed E-state index contributed by atoms with van der Waals surface area (Å²) in [4.78, 5) is 18.1. The van der Waals surface area contributed by atoms with Gasteiger partial charge in [0.05, 0.1) is 24.2 Å². The van der Waals surface area contributed by atoms with Crippen LogP contribution in [0.15, 0.2) is 73.4 Å². The first kappa shape index (κ1) is 26.0. The number of fused-ring (bicyclic) bond motifs is 1. The largest absolute Gasteiger partial charge is 0.493 e. The van der Waals surface area contributed by atoms with Crippen LogP contribution < -0.4 is 15.0 Å². The summed E-state index contributed by atoms with van der Waals surface area (Å²) in [6.07, 6.45) is 2.40. The summed E-state index contributed by atoms with van der Waals surface area (Å²) in [6.45, 7) is 4.32. The Morgan fingerprint density at radius 3 is 2.56 bits per heavy atom. The molecule has 186 valence electrons. The highest BCUT2D eigenvalue weighted by Gasteiger charge is 2.16. The lowest BCUT2D eigenvalue weighted by molar-refractivity contribution is 0.284. The van der Waals surface area contributed by atoms with Gasteiger partial charge in [0.1, 0.15) is 18.2 Å². The average Bonchev–Trinajstić information content (AvgIpc) is 2.88. The van der Waals surface area contributed by atoms with Crippen molar-refractivity contribution in [3.8, 4) is 11.5 Å². The lowest BCUT2D eigenvalue weighted by atomic mass is 10.1. The number of rotatable bonds is 8. The molecule has 0 unspecified atom stereocenters. The van der Waals surface area contributed by atoms with Gasteiger partial charge in [0.15, 0.2) is 11.5 Å². The van der Waals surface area contributed by atoms with Crippen molar-refractivity contribution in [3.05, 3.63) is 96.7 Å². The van der Waals surface area contributed by atoms with Gasteiger partial charge in [-0.25, -0.2) is 9.37 Å². The molecule has 0 saturated carbocycles. The molecule has 0 bridgehead atoms. The molecule has 0 fully saturated rings. The van der Waals surface area contributed by atoms with Crippen LogP contribution in [0.3, 0.4) is 0 Å². The third kappa shape index (κ3) is 5.68. The predicted octanol–water partition coefficient (Wildman–Crippen LogP) is 7.04. The van der Waals surface area contributed by atoms with Crippen LogP contribution >= 0.6 is 31.9 Å². The fraction of sp³-hybridized carbons (Fsp3) is 0.222. The van der Waals surface area contributed by atoms with Gasteiger partial charge in [-0.2, -0.15) is 9.78 Å². The third-order valence-electron chi connectivity index (χ3n) is 5.79. The van der Waals surface area contributed by atoms with Crippen LogP contribution in [0, 0.1) is 5.82 Å². The topological polar surface area (TPSA) is 65.7 Å². The maximum absolute atomic E-state index is 13.4. The molecule has 3 aromatic carbocycles. The summed E-state index contributed by atoms with van der Waals surface area (Å²) in [5.74, 6) is 1.34. The van der Waals surface area contributed by atoms with E-state index in [2.05, 4.69) is 37.0 Å². The zero-order chi connectivity index (χ0) is 25.8. The van der Waals surface area contributed by atoms with Gasteiger partial charge in [-0.05, 0) is 70.4 Å². The summed E-state index contributed by atoms with van der Waals surface area (Å²) in [5.41, 5.74) is 1.91. The van der Waals surface area contributed by atoms with Gasteiger partial charge in [-0.3, -0.25) is 4.79 Å². The van der Waals surface area contributed by atoms with Gasteiger partial charge in [0.2, 0.25) is 0 Å². The van der Waals surface area contributed by atoms with Crippen molar-refractivity contribution >= 4 is 49.0 Å². The lowest BCUT2D eigenvalue weighted by Crippen LogP contribution is -2.23. The van der Waals surface area contributed by atoms with Crippen molar-refractivity contribution in [3.63, 3.8) is 0 Å². The Kier molecular flexibility index (Phi) is 8.21. The van der Waals surface area contributed by atoms with E-state index in [1.807, 2.05) is 26.0 Å². The molecule has 0 N–H and O–H groups in total. The van der Waals surface area contributed by atoms with Gasteiger partial charge >= 0.3 is 0 Å². The first-order valence-corrected chi connectivity index (χ1v) is 12.9. The van der Waals surface area contributed by atoms with Crippen LogP contribution in [0.1, 0.15) is 43.1 Å². The van der Waals surface area contributed by atoms with E-state index in [9.17, 15) is 9.18 Å². The highest BCUT2D eigenvalue weighted by atomic mass is 79.9. The smallest absolute Gasteiger partial charge is 0.282 e. The molecule has 0 saturated heterocycles. The van der Waals surface area contributed by atoms with Crippen LogP contribution in [0.2, 0.25) is 0 Å². The highest BCUT2D eigenvalue weighted by molar-refractivity contribution is 9.10. The summed E-state index contributed by atoms with van der Waals surface area (Å²) in [5, 5.41) is 5.01. The average molecular weight is 617 g/mol. The highest BCUT2D eigenvalue weighted by Crippen LogP contribution is 2.33. The first-order valence-electron chi connectivity index (χ1n) is 11.3. The monoisotopic (exact) mass is 615 g/mol. The molecule has 1 heterocycles. The van der Waals surface area contributed by atoms with Crippen LogP contribution in [0.25, 0.3) is 10.9 Å². The quantitative estimate of drug-likeness (QED) is 0.199. The van der Waals surface area contributed by atoms with Gasteiger partial charge in [-0.1, -0.05) is 41.9 Å². The minimum Gasteiger partial charge on any atom is -0.493 e. The number of aromatic nitrogens is 2. The minimum atomic E-state index is -0.299. The Hall–Kier alpha value is -3.04. The Morgan fingerprint density at radius 1 is 1.11 bits per heavy atom. The van der Waals surface area contributed by atoms with E-state index in [0.29, 0.717) is 38.3 Å². The molecule has 0 aliphatic rings. The molecule has 1 aromatic heterocycles. The third-order valence-corrected chi connectivity index (χ3v) is 6.97. The van der Waals surface area contributed by atoms with Gasteiger partial charge in [0, 0.05) is 20.4 Å². The summed E-state index contributed by atoms with van der Waals surface area (Å²) < 4.78 is 27.5. The molecular weight excluding hydrogens is 593 g/mol. The molecular formula is C27H24Br2FN3O3. The number of methoxy groups -OCH3 is 1. The molecule has 0 spiro atoms. The molecule has 1 atom stereocenters. The van der Waals surface area contributed by atoms with E-state index in [4.69, 9.17) is 14.5 Å². The summed E-state index contributed by atoms with van der Waals surface area (Å²) in [6, 6.07) is 15.1. The van der Waals surface area contributed by atoms with Crippen LogP contribution in [0.5, 0.6) is 11.5 Å². The van der Waals surface area contributed by atoms with E-state index >= 15 is 0 Å². The first-order chi connectivity index (χ1) is 17.3. The van der Waals surface area contributed by atoms with Crippen molar-refractivity contribution in [1.29, 1.82) is 0 Å². The zero-order valence-electron chi connectivity index (χ0n) is 20.0. The van der Waals surface area contributed by atoms with E-state index in [0.717, 1.165) is 16.5 Å². The van der Waals surface area contributed by atoms with E-state index in [1.54, 1.807) is 43.7 Å². The van der Waals surface area contributed by atoms with E-state index in [1.165, 1.54) is 16.8 Å². The van der Waals surface area contributed by atoms with Crippen molar-refractivity contribution in [2.75, 3.05) is 7.11 Å². The number of hydrogen-bond acceptors (Lipinski definition) is 5. The zero-order valence-corrected chi connectivity index (χ0v) is 23.1. The normalized spacial score (nSPS) is 12.3.